The quantitative estimate of drug-likeness (QED) is 0.585. The summed E-state index contributed by atoms with van der Waals surface area (Å²) >= 11 is 6.03. The van der Waals surface area contributed by atoms with Gasteiger partial charge in [0.1, 0.15) is 0 Å². The Labute approximate surface area is 172 Å². The van der Waals surface area contributed by atoms with Gasteiger partial charge in [0, 0.05) is 18.1 Å². The van der Waals surface area contributed by atoms with Gasteiger partial charge in [0.05, 0.1) is 11.4 Å². The summed E-state index contributed by atoms with van der Waals surface area (Å²) in [5, 5.41) is 3.33. The first-order valence-corrected chi connectivity index (χ1v) is 11.2. The highest BCUT2D eigenvalue weighted by Crippen LogP contribution is 2.20. The number of nitrogens with zero attached hydrogens (tertiary/aromatic N) is 1. The van der Waals surface area contributed by atoms with Gasteiger partial charge >= 0.3 is 0 Å². The Balaban J connectivity index is 2.22. The number of hydrogen-bond donors (Lipinski definition) is 1. The van der Waals surface area contributed by atoms with E-state index in [-0.39, 0.29) is 23.9 Å². The molecule has 0 radical (unpaired) electrons. The van der Waals surface area contributed by atoms with Gasteiger partial charge in [0.25, 0.3) is 0 Å². The molecule has 2 aromatic rings. The first-order chi connectivity index (χ1) is 13.3. The minimum atomic E-state index is -3.83. The van der Waals surface area contributed by atoms with Crippen molar-refractivity contribution in [1.82, 2.24) is 9.62 Å². The second kappa shape index (κ2) is 10.6. The number of aryl methyl sites for hydroxylation is 1. The maximum Gasteiger partial charge on any atom is 0.243 e. The zero-order chi connectivity index (χ0) is 20.6. The van der Waals surface area contributed by atoms with E-state index in [0.717, 1.165) is 30.4 Å². The van der Waals surface area contributed by atoms with E-state index >= 15 is 0 Å². The normalized spacial score (nSPS) is 11.6. The summed E-state index contributed by atoms with van der Waals surface area (Å²) in [7, 11) is -3.83. The lowest BCUT2D eigenvalue weighted by Gasteiger charge is -2.22. The van der Waals surface area contributed by atoms with E-state index in [2.05, 4.69) is 12.2 Å². The summed E-state index contributed by atoms with van der Waals surface area (Å²) in [6.07, 6.45) is 2.95. The van der Waals surface area contributed by atoms with Crippen molar-refractivity contribution in [2.24, 2.45) is 0 Å². The SMILES string of the molecule is CCCCCNC(=O)CN(Cc1cccc(Cl)c1)S(=O)(=O)c1ccc(C)cc1. The second-order valence-electron chi connectivity index (χ2n) is 6.77. The van der Waals surface area contributed by atoms with Crippen LogP contribution in [0.15, 0.2) is 53.4 Å². The van der Waals surface area contributed by atoms with Gasteiger partial charge in [0.2, 0.25) is 15.9 Å². The molecule has 0 spiro atoms. The molecule has 28 heavy (non-hydrogen) atoms. The Morgan fingerprint density at radius 3 is 2.46 bits per heavy atom. The summed E-state index contributed by atoms with van der Waals surface area (Å²) in [6, 6.07) is 13.6. The van der Waals surface area contributed by atoms with Gasteiger partial charge in [-0.2, -0.15) is 4.31 Å². The molecule has 5 nitrogen and oxygen atoms in total. The maximum atomic E-state index is 13.2. The molecule has 152 valence electrons. The molecule has 2 aromatic carbocycles. The van der Waals surface area contributed by atoms with Crippen LogP contribution >= 0.6 is 11.6 Å². The van der Waals surface area contributed by atoms with Gasteiger partial charge in [-0.3, -0.25) is 4.79 Å². The fraction of sp³-hybridized carbons (Fsp3) is 0.381. The van der Waals surface area contributed by atoms with E-state index in [1.807, 2.05) is 6.92 Å². The molecular weight excluding hydrogens is 396 g/mol. The number of hydrogen-bond acceptors (Lipinski definition) is 3. The Kier molecular flexibility index (Phi) is 8.48. The van der Waals surface area contributed by atoms with Crippen LogP contribution in [-0.4, -0.2) is 31.7 Å². The molecule has 0 aliphatic rings. The molecular formula is C21H27ClN2O3S. The Bertz CT molecular complexity index is 883. The topological polar surface area (TPSA) is 66.5 Å². The number of unbranched alkanes of at least 4 members (excludes halogenated alkanes) is 2. The molecule has 0 saturated carbocycles. The summed E-state index contributed by atoms with van der Waals surface area (Å²) in [6.45, 7) is 4.35. The van der Waals surface area contributed by atoms with Gasteiger partial charge in [-0.1, -0.05) is 61.2 Å². The van der Waals surface area contributed by atoms with Crippen LogP contribution in [0.5, 0.6) is 0 Å². The van der Waals surface area contributed by atoms with Crippen molar-refractivity contribution in [3.8, 4) is 0 Å². The molecule has 0 bridgehead atoms. The standard InChI is InChI=1S/C21H27ClN2O3S/c1-3-4-5-13-23-21(25)16-24(15-18-7-6-8-19(22)14-18)28(26,27)20-11-9-17(2)10-12-20/h6-12,14H,3-5,13,15-16H2,1-2H3,(H,23,25). The fourth-order valence-electron chi connectivity index (χ4n) is 2.74. The summed E-state index contributed by atoms with van der Waals surface area (Å²) in [5.41, 5.74) is 1.69. The highest BCUT2D eigenvalue weighted by atomic mass is 35.5. The zero-order valence-corrected chi connectivity index (χ0v) is 17.9. The second-order valence-corrected chi connectivity index (χ2v) is 9.15. The van der Waals surface area contributed by atoms with Crippen LogP contribution in [0.1, 0.15) is 37.3 Å². The third-order valence-corrected chi connectivity index (χ3v) is 6.37. The molecule has 0 aliphatic heterocycles. The van der Waals surface area contributed by atoms with E-state index < -0.39 is 10.0 Å². The summed E-state index contributed by atoms with van der Waals surface area (Å²) in [5.74, 6) is -0.311. The van der Waals surface area contributed by atoms with Crippen LogP contribution in [0.4, 0.5) is 0 Å². The molecule has 0 heterocycles. The third kappa shape index (κ3) is 6.62. The maximum absolute atomic E-state index is 13.2. The van der Waals surface area contributed by atoms with Crippen molar-refractivity contribution < 1.29 is 13.2 Å². The Morgan fingerprint density at radius 1 is 1.11 bits per heavy atom. The molecule has 0 aliphatic carbocycles. The average Bonchev–Trinajstić information content (AvgIpc) is 2.65. The molecule has 1 N–H and O–H groups in total. The molecule has 0 unspecified atom stereocenters. The largest absolute Gasteiger partial charge is 0.355 e. The Morgan fingerprint density at radius 2 is 1.82 bits per heavy atom. The smallest absolute Gasteiger partial charge is 0.243 e. The third-order valence-electron chi connectivity index (χ3n) is 4.33. The van der Waals surface area contributed by atoms with E-state index in [9.17, 15) is 13.2 Å². The van der Waals surface area contributed by atoms with E-state index in [4.69, 9.17) is 11.6 Å². The molecule has 0 atom stereocenters. The molecule has 0 fully saturated rings. The van der Waals surface area contributed by atoms with Gasteiger partial charge in [-0.25, -0.2) is 8.42 Å². The minimum absolute atomic E-state index is 0.0686. The number of carbonyl (C=O) groups is 1. The lowest BCUT2D eigenvalue weighted by Crippen LogP contribution is -2.40. The van der Waals surface area contributed by atoms with E-state index in [0.29, 0.717) is 11.6 Å². The lowest BCUT2D eigenvalue weighted by molar-refractivity contribution is -0.121. The van der Waals surface area contributed by atoms with E-state index in [1.165, 1.54) is 4.31 Å². The highest BCUT2D eigenvalue weighted by molar-refractivity contribution is 7.89. The molecule has 0 saturated heterocycles. The van der Waals surface area contributed by atoms with Gasteiger partial charge in [0.15, 0.2) is 0 Å². The number of benzene rings is 2. The molecule has 0 aromatic heterocycles. The predicted octanol–water partition coefficient (Wildman–Crippen LogP) is 4.15. The first-order valence-electron chi connectivity index (χ1n) is 9.41. The fourth-order valence-corrected chi connectivity index (χ4v) is 4.34. The van der Waals surface area contributed by atoms with Crippen molar-refractivity contribution in [1.29, 1.82) is 0 Å². The molecule has 2 rings (SSSR count). The number of halogens is 1. The number of amides is 1. The van der Waals surface area contributed by atoms with Crippen molar-refractivity contribution in [2.45, 2.75) is 44.6 Å². The number of sulfonamides is 1. The van der Waals surface area contributed by atoms with Crippen LogP contribution in [0.2, 0.25) is 5.02 Å². The first kappa shape index (κ1) is 22.4. The summed E-state index contributed by atoms with van der Waals surface area (Å²) in [4.78, 5) is 12.5. The van der Waals surface area contributed by atoms with Crippen molar-refractivity contribution in [3.63, 3.8) is 0 Å². The van der Waals surface area contributed by atoms with Crippen molar-refractivity contribution >= 4 is 27.5 Å². The minimum Gasteiger partial charge on any atom is -0.355 e. The monoisotopic (exact) mass is 422 g/mol. The molecule has 7 heteroatoms. The predicted molar refractivity (Wildman–Crippen MR) is 113 cm³/mol. The van der Waals surface area contributed by atoms with Gasteiger partial charge in [-0.05, 0) is 43.2 Å². The van der Waals surface area contributed by atoms with Crippen LogP contribution in [0.25, 0.3) is 0 Å². The van der Waals surface area contributed by atoms with E-state index in [1.54, 1.807) is 48.5 Å². The highest BCUT2D eigenvalue weighted by Gasteiger charge is 2.26. The van der Waals surface area contributed by atoms with Crippen molar-refractivity contribution in [3.05, 3.63) is 64.7 Å². The lowest BCUT2D eigenvalue weighted by atomic mass is 10.2. The van der Waals surface area contributed by atoms with Crippen LogP contribution in [-0.2, 0) is 21.4 Å². The summed E-state index contributed by atoms with van der Waals surface area (Å²) < 4.78 is 27.5. The van der Waals surface area contributed by atoms with Crippen LogP contribution in [0.3, 0.4) is 0 Å². The van der Waals surface area contributed by atoms with Crippen LogP contribution in [0, 0.1) is 6.92 Å². The number of carbonyl (C=O) groups excluding carboxylic acids is 1. The number of nitrogens with one attached hydrogen (secondary N) is 1. The Hall–Kier alpha value is -1.89. The zero-order valence-electron chi connectivity index (χ0n) is 16.3. The number of rotatable bonds is 10. The van der Waals surface area contributed by atoms with Gasteiger partial charge < -0.3 is 5.32 Å². The average molecular weight is 423 g/mol. The van der Waals surface area contributed by atoms with Gasteiger partial charge in [-0.15, -0.1) is 0 Å². The van der Waals surface area contributed by atoms with Crippen LogP contribution < -0.4 is 5.32 Å². The van der Waals surface area contributed by atoms with Crippen molar-refractivity contribution in [2.75, 3.05) is 13.1 Å². The molecule has 1 amide bonds.